The molecule has 0 aromatic carbocycles. The lowest BCUT2D eigenvalue weighted by Gasteiger charge is -2.54. The minimum absolute atomic E-state index is 0.0615. The summed E-state index contributed by atoms with van der Waals surface area (Å²) in [5.74, 6) is 1.75. The average Bonchev–Trinajstić information content (AvgIpc) is 2.35. The molecule has 0 heterocycles. The first-order valence-corrected chi connectivity index (χ1v) is 7.16. The Morgan fingerprint density at radius 3 is 1.95 bits per heavy atom. The van der Waals surface area contributed by atoms with Crippen molar-refractivity contribution in [2.45, 2.75) is 38.5 Å². The summed E-state index contributed by atoms with van der Waals surface area (Å²) in [5, 5.41) is 17.3. The van der Waals surface area contributed by atoms with Crippen LogP contribution in [-0.2, 0) is 9.53 Å². The van der Waals surface area contributed by atoms with E-state index in [-0.39, 0.29) is 12.0 Å². The maximum atomic E-state index is 11.3. The van der Waals surface area contributed by atoms with Gasteiger partial charge in [-0.05, 0) is 56.3 Å². The van der Waals surface area contributed by atoms with E-state index >= 15 is 0 Å². The van der Waals surface area contributed by atoms with E-state index in [1.54, 1.807) is 0 Å². The number of hydrogen-bond acceptors (Lipinski definition) is 3. The van der Waals surface area contributed by atoms with Gasteiger partial charge in [0.05, 0.1) is 18.3 Å². The van der Waals surface area contributed by atoms with Gasteiger partial charge in [-0.2, -0.15) is 0 Å². The third-order valence-corrected chi connectivity index (χ3v) is 4.82. The van der Waals surface area contributed by atoms with Gasteiger partial charge >= 0.3 is 5.97 Å². The molecule has 0 aliphatic heterocycles. The van der Waals surface area contributed by atoms with Crippen molar-refractivity contribution in [2.75, 3.05) is 13.2 Å². The highest BCUT2D eigenvalue weighted by Crippen LogP contribution is 2.59. The Balaban J connectivity index is 0.000000192. The number of hydrogen-bond donors (Lipinski definition) is 2. The zero-order valence-corrected chi connectivity index (χ0v) is 11.4. The zero-order valence-electron chi connectivity index (χ0n) is 11.4. The van der Waals surface area contributed by atoms with Crippen LogP contribution in [0.3, 0.4) is 0 Å². The molecule has 4 bridgehead atoms. The van der Waals surface area contributed by atoms with E-state index in [9.17, 15) is 9.90 Å². The molecule has 4 aliphatic rings. The van der Waals surface area contributed by atoms with Crippen molar-refractivity contribution in [3.8, 4) is 0 Å². The fourth-order valence-electron chi connectivity index (χ4n) is 4.51. The van der Waals surface area contributed by atoms with Crippen LogP contribution in [0.15, 0.2) is 12.8 Å². The van der Waals surface area contributed by atoms with Crippen LogP contribution in [0.2, 0.25) is 0 Å². The third-order valence-electron chi connectivity index (χ3n) is 4.82. The Hall–Kier alpha value is -1.03. The summed E-state index contributed by atoms with van der Waals surface area (Å²) in [6, 6.07) is 0. The normalized spacial score (nSPS) is 38.3. The Morgan fingerprint density at radius 1 is 1.21 bits per heavy atom. The molecule has 0 aromatic heterocycles. The van der Waals surface area contributed by atoms with E-state index in [0.29, 0.717) is 6.61 Å². The van der Waals surface area contributed by atoms with Crippen LogP contribution < -0.4 is 0 Å². The second-order valence-electron chi connectivity index (χ2n) is 6.26. The number of carbonyl (C=O) groups is 1. The second-order valence-corrected chi connectivity index (χ2v) is 6.26. The number of carboxylic acid groups (broad SMARTS) is 1. The summed E-state index contributed by atoms with van der Waals surface area (Å²) in [5.41, 5.74) is -0.283. The second kappa shape index (κ2) is 5.95. The predicted octanol–water partition coefficient (Wildman–Crippen LogP) is 2.43. The van der Waals surface area contributed by atoms with Gasteiger partial charge in [0.2, 0.25) is 0 Å². The largest absolute Gasteiger partial charge is 0.499 e. The first-order chi connectivity index (χ1) is 9.09. The first-order valence-electron chi connectivity index (χ1n) is 7.16. The highest BCUT2D eigenvalue weighted by atomic mass is 16.5. The molecule has 4 aliphatic carbocycles. The standard InChI is InChI=1S/C11H16O2.C4H8O2/c12-10(13)11-4-7-1-8(5-11)3-9(2-7)6-11;1-2-6-4-3-5/h7-9H,1-6H2,(H,12,13);2,5H,1,3-4H2. The number of ether oxygens (including phenoxy) is 1. The molecule has 19 heavy (non-hydrogen) atoms. The van der Waals surface area contributed by atoms with Crippen molar-refractivity contribution < 1.29 is 19.7 Å². The summed E-state index contributed by atoms with van der Waals surface area (Å²) >= 11 is 0. The van der Waals surface area contributed by atoms with Crippen LogP contribution >= 0.6 is 0 Å². The number of rotatable bonds is 4. The molecular formula is C15H24O4. The van der Waals surface area contributed by atoms with E-state index in [1.807, 2.05) is 0 Å². The molecule has 0 radical (unpaired) electrons. The molecule has 0 atom stereocenters. The topological polar surface area (TPSA) is 66.8 Å². The molecule has 4 heteroatoms. The molecule has 0 unspecified atom stereocenters. The maximum absolute atomic E-state index is 11.3. The van der Waals surface area contributed by atoms with Crippen LogP contribution in [0.4, 0.5) is 0 Å². The number of aliphatic hydroxyl groups excluding tert-OH is 1. The van der Waals surface area contributed by atoms with Crippen LogP contribution in [-0.4, -0.2) is 29.4 Å². The lowest BCUT2D eigenvalue weighted by Crippen LogP contribution is -2.49. The summed E-state index contributed by atoms with van der Waals surface area (Å²) in [4.78, 5) is 11.3. The summed E-state index contributed by atoms with van der Waals surface area (Å²) in [6.45, 7) is 3.68. The van der Waals surface area contributed by atoms with Gasteiger partial charge in [-0.3, -0.25) is 4.79 Å². The van der Waals surface area contributed by atoms with Gasteiger partial charge in [0.15, 0.2) is 0 Å². The Bertz CT molecular complexity index is 302. The number of carboxylic acids is 1. The predicted molar refractivity (Wildman–Crippen MR) is 71.5 cm³/mol. The lowest BCUT2D eigenvalue weighted by molar-refractivity contribution is -0.164. The summed E-state index contributed by atoms with van der Waals surface area (Å²) in [6.07, 6.45) is 8.22. The monoisotopic (exact) mass is 268 g/mol. The van der Waals surface area contributed by atoms with Crippen molar-refractivity contribution in [1.82, 2.24) is 0 Å². The van der Waals surface area contributed by atoms with Crippen LogP contribution in [0.1, 0.15) is 38.5 Å². The lowest BCUT2D eigenvalue weighted by atomic mass is 9.49. The van der Waals surface area contributed by atoms with E-state index in [1.165, 1.54) is 25.5 Å². The Morgan fingerprint density at radius 2 is 1.68 bits per heavy atom. The van der Waals surface area contributed by atoms with Gasteiger partial charge in [-0.15, -0.1) is 0 Å². The molecule has 0 amide bonds. The van der Waals surface area contributed by atoms with Crippen LogP contribution in [0.25, 0.3) is 0 Å². The van der Waals surface area contributed by atoms with Gasteiger partial charge in [-0.25, -0.2) is 0 Å². The summed E-state index contributed by atoms with van der Waals surface area (Å²) < 4.78 is 4.50. The SMILES string of the molecule is C=COCCO.O=C(O)C12CC3CC(CC(C3)C1)C2. The average molecular weight is 268 g/mol. The number of aliphatic carboxylic acids is 1. The smallest absolute Gasteiger partial charge is 0.309 e. The highest BCUT2D eigenvalue weighted by molar-refractivity contribution is 5.75. The van der Waals surface area contributed by atoms with Gasteiger partial charge in [0.25, 0.3) is 0 Å². The fraction of sp³-hybridized carbons (Fsp3) is 0.800. The van der Waals surface area contributed by atoms with Gasteiger partial charge in [-0.1, -0.05) is 6.58 Å². The molecule has 4 nitrogen and oxygen atoms in total. The van der Waals surface area contributed by atoms with E-state index < -0.39 is 5.97 Å². The van der Waals surface area contributed by atoms with Crippen molar-refractivity contribution >= 4 is 5.97 Å². The van der Waals surface area contributed by atoms with Crippen molar-refractivity contribution in [3.05, 3.63) is 12.8 Å². The van der Waals surface area contributed by atoms with Gasteiger partial charge in [0.1, 0.15) is 6.61 Å². The minimum atomic E-state index is -0.508. The van der Waals surface area contributed by atoms with Crippen molar-refractivity contribution in [3.63, 3.8) is 0 Å². The van der Waals surface area contributed by atoms with E-state index in [0.717, 1.165) is 37.0 Å². The third kappa shape index (κ3) is 3.11. The van der Waals surface area contributed by atoms with Crippen molar-refractivity contribution in [1.29, 1.82) is 0 Å². The molecule has 4 saturated carbocycles. The summed E-state index contributed by atoms with van der Waals surface area (Å²) in [7, 11) is 0. The minimum Gasteiger partial charge on any atom is -0.499 e. The Labute approximate surface area is 114 Å². The molecule has 0 aromatic rings. The van der Waals surface area contributed by atoms with Crippen LogP contribution in [0, 0.1) is 23.2 Å². The molecule has 4 rings (SSSR count). The van der Waals surface area contributed by atoms with Crippen molar-refractivity contribution in [2.24, 2.45) is 23.2 Å². The number of aliphatic hydroxyl groups is 1. The Kier molecular flexibility index (Phi) is 4.50. The van der Waals surface area contributed by atoms with Crippen LogP contribution in [0.5, 0.6) is 0 Å². The van der Waals surface area contributed by atoms with Gasteiger partial charge in [0, 0.05) is 0 Å². The van der Waals surface area contributed by atoms with Gasteiger partial charge < -0.3 is 14.9 Å². The molecule has 0 saturated heterocycles. The molecule has 108 valence electrons. The molecule has 0 spiro atoms. The highest BCUT2D eigenvalue weighted by Gasteiger charge is 2.54. The molecule has 4 fully saturated rings. The van der Waals surface area contributed by atoms with E-state index in [2.05, 4.69) is 11.3 Å². The molecular weight excluding hydrogens is 244 g/mol. The quantitative estimate of drug-likeness (QED) is 0.607. The zero-order chi connectivity index (χ0) is 13.9. The van der Waals surface area contributed by atoms with E-state index in [4.69, 9.17) is 5.11 Å². The fourth-order valence-corrected chi connectivity index (χ4v) is 4.51. The molecule has 2 N–H and O–H groups in total. The first kappa shape index (κ1) is 14.4. The maximum Gasteiger partial charge on any atom is 0.309 e.